The van der Waals surface area contributed by atoms with Gasteiger partial charge in [-0.3, -0.25) is 4.79 Å². The minimum Gasteiger partial charge on any atom is -0.493 e. The molecule has 0 radical (unpaired) electrons. The molecule has 0 spiro atoms. The number of nitrogens with one attached hydrogen (secondary N) is 1. The van der Waals surface area contributed by atoms with Crippen LogP contribution in [-0.2, 0) is 17.8 Å². The van der Waals surface area contributed by atoms with Gasteiger partial charge in [0, 0.05) is 17.5 Å². The first-order valence-corrected chi connectivity index (χ1v) is 9.43. The summed E-state index contributed by atoms with van der Waals surface area (Å²) >= 11 is 1.47. The third-order valence-electron chi connectivity index (χ3n) is 4.07. The molecule has 1 amide bonds. The normalized spacial score (nSPS) is 10.2. The van der Waals surface area contributed by atoms with E-state index in [2.05, 4.69) is 16.4 Å². The van der Waals surface area contributed by atoms with Crippen molar-refractivity contribution in [1.29, 1.82) is 5.26 Å². The summed E-state index contributed by atoms with van der Waals surface area (Å²) in [5.41, 5.74) is 3.07. The van der Waals surface area contributed by atoms with Crippen molar-refractivity contribution in [3.63, 3.8) is 0 Å². The van der Waals surface area contributed by atoms with Crippen LogP contribution in [0.3, 0.4) is 0 Å². The molecule has 1 heterocycles. The zero-order valence-corrected chi connectivity index (χ0v) is 16.4. The van der Waals surface area contributed by atoms with Gasteiger partial charge in [0.05, 0.1) is 38.0 Å². The number of carbonyl (C=O) groups is 1. The molecule has 0 unspecified atom stereocenters. The maximum Gasteiger partial charge on any atom is 0.226 e. The molecule has 3 rings (SSSR count). The zero-order valence-electron chi connectivity index (χ0n) is 15.6. The molecule has 142 valence electrons. The molecule has 0 bridgehead atoms. The van der Waals surface area contributed by atoms with Gasteiger partial charge >= 0.3 is 0 Å². The number of carbonyl (C=O) groups excluding carboxylic acids is 1. The smallest absolute Gasteiger partial charge is 0.226 e. The number of hydrogen-bond donors (Lipinski definition) is 1. The SMILES string of the molecule is COc1ccc(-c2nc(CC(=O)NCc3cccc(C#N)c3)cs2)cc1OC. The Kier molecular flexibility index (Phi) is 6.25. The van der Waals surface area contributed by atoms with Crippen LogP contribution < -0.4 is 14.8 Å². The van der Waals surface area contributed by atoms with Gasteiger partial charge in [-0.25, -0.2) is 4.98 Å². The minimum absolute atomic E-state index is 0.119. The molecule has 0 atom stereocenters. The van der Waals surface area contributed by atoms with Crippen LogP contribution >= 0.6 is 11.3 Å². The summed E-state index contributed by atoms with van der Waals surface area (Å²) in [4.78, 5) is 16.8. The van der Waals surface area contributed by atoms with Crippen molar-refractivity contribution in [3.8, 4) is 28.1 Å². The van der Waals surface area contributed by atoms with Crippen molar-refractivity contribution in [2.75, 3.05) is 14.2 Å². The number of benzene rings is 2. The molecule has 1 N–H and O–H groups in total. The summed E-state index contributed by atoms with van der Waals surface area (Å²) in [5, 5.41) is 14.5. The van der Waals surface area contributed by atoms with Crippen LogP contribution in [0.15, 0.2) is 47.8 Å². The standard InChI is InChI=1S/C21H19N3O3S/c1-26-18-7-6-16(9-19(18)27-2)21-24-17(13-28-21)10-20(25)23-12-15-5-3-4-14(8-15)11-22/h3-9,13H,10,12H2,1-2H3,(H,23,25). The molecule has 0 aliphatic heterocycles. The van der Waals surface area contributed by atoms with Crippen LogP contribution in [0.2, 0.25) is 0 Å². The molecule has 0 fully saturated rings. The summed E-state index contributed by atoms with van der Waals surface area (Å²) < 4.78 is 10.6. The monoisotopic (exact) mass is 393 g/mol. The number of aromatic nitrogens is 1. The predicted molar refractivity (Wildman–Crippen MR) is 107 cm³/mol. The average Bonchev–Trinajstić information content (AvgIpc) is 3.20. The minimum atomic E-state index is -0.119. The van der Waals surface area contributed by atoms with E-state index in [1.807, 2.05) is 29.6 Å². The lowest BCUT2D eigenvalue weighted by Gasteiger charge is -2.08. The Hall–Kier alpha value is -3.37. The Labute approximate surface area is 167 Å². The molecule has 0 aliphatic rings. The lowest BCUT2D eigenvalue weighted by molar-refractivity contribution is -0.120. The van der Waals surface area contributed by atoms with Crippen LogP contribution in [0.4, 0.5) is 0 Å². The highest BCUT2D eigenvalue weighted by molar-refractivity contribution is 7.13. The number of thiazole rings is 1. The highest BCUT2D eigenvalue weighted by Crippen LogP contribution is 2.33. The zero-order chi connectivity index (χ0) is 19.9. The molecule has 3 aromatic rings. The summed E-state index contributed by atoms with van der Waals surface area (Å²) in [6, 6.07) is 14.9. The fraction of sp³-hybridized carbons (Fsp3) is 0.190. The second-order valence-corrected chi connectivity index (χ2v) is 6.84. The molecule has 2 aromatic carbocycles. The van der Waals surface area contributed by atoms with Gasteiger partial charge in [-0.1, -0.05) is 12.1 Å². The van der Waals surface area contributed by atoms with E-state index in [-0.39, 0.29) is 12.3 Å². The average molecular weight is 393 g/mol. The largest absolute Gasteiger partial charge is 0.493 e. The summed E-state index contributed by atoms with van der Waals surface area (Å²) in [6.07, 6.45) is 0.196. The number of nitriles is 1. The lowest BCUT2D eigenvalue weighted by Crippen LogP contribution is -2.24. The number of ether oxygens (including phenoxy) is 2. The Morgan fingerprint density at radius 1 is 1.18 bits per heavy atom. The highest BCUT2D eigenvalue weighted by atomic mass is 32.1. The van der Waals surface area contributed by atoms with E-state index in [0.29, 0.717) is 29.3 Å². The van der Waals surface area contributed by atoms with Crippen molar-refractivity contribution < 1.29 is 14.3 Å². The van der Waals surface area contributed by atoms with Crippen LogP contribution in [0.1, 0.15) is 16.8 Å². The molecule has 1 aromatic heterocycles. The van der Waals surface area contributed by atoms with Gasteiger partial charge in [-0.15, -0.1) is 11.3 Å². The molecule has 0 aliphatic carbocycles. The number of amides is 1. The topological polar surface area (TPSA) is 84.2 Å². The highest BCUT2D eigenvalue weighted by Gasteiger charge is 2.12. The quantitative estimate of drug-likeness (QED) is 0.663. The molecule has 0 saturated carbocycles. The van der Waals surface area contributed by atoms with E-state index in [1.54, 1.807) is 32.4 Å². The van der Waals surface area contributed by atoms with E-state index in [4.69, 9.17) is 14.7 Å². The first-order valence-electron chi connectivity index (χ1n) is 8.55. The summed E-state index contributed by atoms with van der Waals surface area (Å²) in [7, 11) is 3.18. The van der Waals surface area contributed by atoms with Crippen molar-refractivity contribution >= 4 is 17.2 Å². The van der Waals surface area contributed by atoms with Gasteiger partial charge in [-0.05, 0) is 35.9 Å². The van der Waals surface area contributed by atoms with Crippen molar-refractivity contribution in [3.05, 3.63) is 64.7 Å². The fourth-order valence-electron chi connectivity index (χ4n) is 2.67. The van der Waals surface area contributed by atoms with Gasteiger partial charge < -0.3 is 14.8 Å². The van der Waals surface area contributed by atoms with Gasteiger partial charge in [0.15, 0.2) is 11.5 Å². The van der Waals surface area contributed by atoms with Crippen LogP contribution in [0, 0.1) is 11.3 Å². The molecular weight excluding hydrogens is 374 g/mol. The summed E-state index contributed by atoms with van der Waals surface area (Å²) in [6.45, 7) is 0.376. The lowest BCUT2D eigenvalue weighted by atomic mass is 10.1. The maximum absolute atomic E-state index is 12.2. The fourth-order valence-corrected chi connectivity index (χ4v) is 3.49. The summed E-state index contributed by atoms with van der Waals surface area (Å²) in [5.74, 6) is 1.17. The maximum atomic E-state index is 12.2. The van der Waals surface area contributed by atoms with Crippen LogP contribution in [0.5, 0.6) is 11.5 Å². The molecule has 7 heteroatoms. The first-order chi connectivity index (χ1) is 13.6. The molecule has 6 nitrogen and oxygen atoms in total. The Morgan fingerprint density at radius 3 is 2.75 bits per heavy atom. The van der Waals surface area contributed by atoms with Crippen molar-refractivity contribution in [2.45, 2.75) is 13.0 Å². The second kappa shape index (κ2) is 9.02. The van der Waals surface area contributed by atoms with E-state index in [1.165, 1.54) is 11.3 Å². The van der Waals surface area contributed by atoms with Crippen LogP contribution in [-0.4, -0.2) is 25.1 Å². The van der Waals surface area contributed by atoms with Crippen LogP contribution in [0.25, 0.3) is 10.6 Å². The van der Waals surface area contributed by atoms with E-state index in [0.717, 1.165) is 16.1 Å². The molecular formula is C21H19N3O3S. The van der Waals surface area contributed by atoms with Gasteiger partial charge in [0.25, 0.3) is 0 Å². The first kappa shape index (κ1) is 19.4. The Morgan fingerprint density at radius 2 is 2.00 bits per heavy atom. The molecule has 0 saturated heterocycles. The van der Waals surface area contributed by atoms with E-state index >= 15 is 0 Å². The number of methoxy groups -OCH3 is 2. The predicted octanol–water partition coefficient (Wildman–Crippen LogP) is 3.56. The number of nitrogens with zero attached hydrogens (tertiary/aromatic N) is 2. The van der Waals surface area contributed by atoms with Crippen molar-refractivity contribution in [1.82, 2.24) is 10.3 Å². The van der Waals surface area contributed by atoms with Gasteiger partial charge in [0.2, 0.25) is 5.91 Å². The van der Waals surface area contributed by atoms with E-state index < -0.39 is 0 Å². The van der Waals surface area contributed by atoms with Gasteiger partial charge in [-0.2, -0.15) is 5.26 Å². The third-order valence-corrected chi connectivity index (χ3v) is 5.01. The Bertz CT molecular complexity index is 1020. The van der Waals surface area contributed by atoms with Crippen molar-refractivity contribution in [2.24, 2.45) is 0 Å². The third kappa shape index (κ3) is 4.67. The van der Waals surface area contributed by atoms with E-state index in [9.17, 15) is 4.79 Å². The Balaban J connectivity index is 1.62. The second-order valence-electron chi connectivity index (χ2n) is 5.98. The number of rotatable bonds is 7. The molecule has 28 heavy (non-hydrogen) atoms. The number of hydrogen-bond acceptors (Lipinski definition) is 6. The van der Waals surface area contributed by atoms with Gasteiger partial charge in [0.1, 0.15) is 5.01 Å².